The second kappa shape index (κ2) is 8.86. The van der Waals surface area contributed by atoms with Gasteiger partial charge in [-0.3, -0.25) is 4.79 Å². The lowest BCUT2D eigenvalue weighted by Gasteiger charge is -2.31. The van der Waals surface area contributed by atoms with E-state index in [0.29, 0.717) is 58.3 Å². The van der Waals surface area contributed by atoms with Gasteiger partial charge in [-0.05, 0) is 36.8 Å². The van der Waals surface area contributed by atoms with Crippen molar-refractivity contribution in [2.24, 2.45) is 5.92 Å². The summed E-state index contributed by atoms with van der Waals surface area (Å²) in [7, 11) is -3.67. The van der Waals surface area contributed by atoms with Gasteiger partial charge in [-0.25, -0.2) is 8.42 Å². The highest BCUT2D eigenvalue weighted by molar-refractivity contribution is 7.89. The Labute approximate surface area is 187 Å². The Kier molecular flexibility index (Phi) is 5.93. The number of benzene rings is 1. The molecular formula is C22H27N3O6S. The zero-order valence-electron chi connectivity index (χ0n) is 17.7. The highest BCUT2D eigenvalue weighted by atomic mass is 32.2. The van der Waals surface area contributed by atoms with E-state index >= 15 is 0 Å². The minimum absolute atomic E-state index is 0.0668. The van der Waals surface area contributed by atoms with E-state index in [4.69, 9.17) is 13.9 Å². The highest BCUT2D eigenvalue weighted by Gasteiger charge is 2.46. The molecule has 1 amide bonds. The predicted octanol–water partition coefficient (Wildman–Crippen LogP) is 1.88. The van der Waals surface area contributed by atoms with Crippen molar-refractivity contribution < 1.29 is 27.1 Å². The predicted molar refractivity (Wildman–Crippen MR) is 117 cm³/mol. The first-order chi connectivity index (χ1) is 15.5. The van der Waals surface area contributed by atoms with Crippen molar-refractivity contribution in [2.45, 2.75) is 17.2 Å². The first-order valence-electron chi connectivity index (χ1n) is 10.9. The van der Waals surface area contributed by atoms with Gasteiger partial charge >= 0.3 is 0 Å². The summed E-state index contributed by atoms with van der Waals surface area (Å²) in [5, 5.41) is 3.01. The maximum Gasteiger partial charge on any atom is 0.243 e. The van der Waals surface area contributed by atoms with Crippen LogP contribution in [-0.4, -0.2) is 71.2 Å². The van der Waals surface area contributed by atoms with Crippen LogP contribution in [0.25, 0.3) is 0 Å². The normalized spacial score (nSPS) is 24.3. The molecule has 172 valence electrons. The van der Waals surface area contributed by atoms with Crippen LogP contribution in [0.5, 0.6) is 0 Å². The number of sulfonamides is 1. The van der Waals surface area contributed by atoms with Gasteiger partial charge in [-0.2, -0.15) is 4.31 Å². The minimum atomic E-state index is -3.67. The van der Waals surface area contributed by atoms with Crippen LogP contribution in [0.1, 0.15) is 18.1 Å². The Balaban J connectivity index is 1.41. The summed E-state index contributed by atoms with van der Waals surface area (Å²) in [5.74, 6) is 0.569. The number of hydrogen-bond acceptors (Lipinski definition) is 7. The fourth-order valence-corrected chi connectivity index (χ4v) is 5.75. The van der Waals surface area contributed by atoms with Crippen molar-refractivity contribution in [2.75, 3.05) is 62.8 Å². The van der Waals surface area contributed by atoms with E-state index in [1.807, 2.05) is 12.1 Å². The molecule has 32 heavy (non-hydrogen) atoms. The molecule has 2 saturated heterocycles. The first kappa shape index (κ1) is 21.4. The standard InChI is InChI=1S/C22H27N3O6S/c26-22(18-15-17(18)21-2-1-9-31-21)23-19-14-16(32(27,28)25-7-12-30-13-8-25)3-4-20(19)24-5-10-29-11-6-24/h1-4,9,14,17-18H,5-8,10-13,15H2,(H,23,26)/t17-,18-/m0/s1. The van der Waals surface area contributed by atoms with Crippen molar-refractivity contribution in [3.63, 3.8) is 0 Å². The highest BCUT2D eigenvalue weighted by Crippen LogP contribution is 2.48. The molecule has 1 aromatic carbocycles. The fraction of sp³-hybridized carbons (Fsp3) is 0.500. The van der Waals surface area contributed by atoms with Crippen LogP contribution in [0.4, 0.5) is 11.4 Å². The zero-order chi connectivity index (χ0) is 22.1. The molecule has 3 aliphatic rings. The molecule has 3 fully saturated rings. The monoisotopic (exact) mass is 461 g/mol. The molecule has 0 bridgehead atoms. The molecule has 10 heteroatoms. The number of carbonyl (C=O) groups excluding carboxylic acids is 1. The molecule has 9 nitrogen and oxygen atoms in total. The number of nitrogens with one attached hydrogen (secondary N) is 1. The van der Waals surface area contributed by atoms with Gasteiger partial charge in [-0.15, -0.1) is 0 Å². The van der Waals surface area contributed by atoms with Crippen molar-refractivity contribution in [1.82, 2.24) is 4.31 Å². The largest absolute Gasteiger partial charge is 0.469 e. The lowest BCUT2D eigenvalue weighted by atomic mass is 10.2. The van der Waals surface area contributed by atoms with Crippen molar-refractivity contribution >= 4 is 27.3 Å². The molecule has 0 spiro atoms. The molecule has 1 aliphatic carbocycles. The Morgan fingerprint density at radius 2 is 1.72 bits per heavy atom. The fourth-order valence-electron chi connectivity index (χ4n) is 4.32. The van der Waals surface area contributed by atoms with Crippen LogP contribution in [0.3, 0.4) is 0 Å². The summed E-state index contributed by atoms with van der Waals surface area (Å²) in [6, 6.07) is 8.68. The third kappa shape index (κ3) is 4.27. The molecule has 5 rings (SSSR count). The van der Waals surface area contributed by atoms with Crippen LogP contribution >= 0.6 is 0 Å². The molecule has 2 aromatic rings. The number of hydrogen-bond donors (Lipinski definition) is 1. The number of anilines is 2. The van der Waals surface area contributed by atoms with E-state index in [-0.39, 0.29) is 22.6 Å². The van der Waals surface area contributed by atoms with Crippen LogP contribution in [-0.2, 0) is 24.3 Å². The second-order valence-electron chi connectivity index (χ2n) is 8.25. The summed E-state index contributed by atoms with van der Waals surface area (Å²) in [6.07, 6.45) is 2.33. The number of ether oxygens (including phenoxy) is 2. The van der Waals surface area contributed by atoms with Gasteiger partial charge in [0.1, 0.15) is 5.76 Å². The van der Waals surface area contributed by atoms with Crippen LogP contribution in [0.15, 0.2) is 45.9 Å². The molecule has 2 atom stereocenters. The average molecular weight is 462 g/mol. The van der Waals surface area contributed by atoms with Gasteiger partial charge in [0.25, 0.3) is 0 Å². The van der Waals surface area contributed by atoms with Gasteiger partial charge in [0.15, 0.2) is 0 Å². The minimum Gasteiger partial charge on any atom is -0.469 e. The van der Waals surface area contributed by atoms with E-state index in [1.54, 1.807) is 24.5 Å². The quantitative estimate of drug-likeness (QED) is 0.701. The van der Waals surface area contributed by atoms with Crippen LogP contribution in [0.2, 0.25) is 0 Å². The molecule has 0 radical (unpaired) electrons. The van der Waals surface area contributed by atoms with E-state index in [1.165, 1.54) is 4.31 Å². The third-order valence-electron chi connectivity index (χ3n) is 6.22. The van der Waals surface area contributed by atoms with E-state index in [2.05, 4.69) is 10.2 Å². The number of nitrogens with zero attached hydrogens (tertiary/aromatic N) is 2. The molecule has 1 aromatic heterocycles. The molecule has 2 aliphatic heterocycles. The van der Waals surface area contributed by atoms with E-state index in [9.17, 15) is 13.2 Å². The molecular weight excluding hydrogens is 434 g/mol. The number of furan rings is 1. The summed E-state index contributed by atoms with van der Waals surface area (Å²) in [6.45, 7) is 3.93. The lowest BCUT2D eigenvalue weighted by molar-refractivity contribution is -0.117. The Morgan fingerprint density at radius 1 is 1.00 bits per heavy atom. The van der Waals surface area contributed by atoms with Crippen molar-refractivity contribution in [3.05, 3.63) is 42.4 Å². The van der Waals surface area contributed by atoms with Gasteiger partial charge < -0.3 is 24.1 Å². The van der Waals surface area contributed by atoms with E-state index in [0.717, 1.165) is 17.9 Å². The molecule has 3 heterocycles. The first-order valence-corrected chi connectivity index (χ1v) is 12.4. The van der Waals surface area contributed by atoms with Crippen molar-refractivity contribution in [3.8, 4) is 0 Å². The zero-order valence-corrected chi connectivity index (χ0v) is 18.6. The Hall–Kier alpha value is -2.40. The number of carbonyl (C=O) groups is 1. The van der Waals surface area contributed by atoms with Gasteiger partial charge in [0.05, 0.1) is 49.0 Å². The maximum atomic E-state index is 13.2. The summed E-state index contributed by atoms with van der Waals surface area (Å²) < 4.78 is 44.0. The average Bonchev–Trinajstić information content (AvgIpc) is 3.45. The molecule has 1 saturated carbocycles. The van der Waals surface area contributed by atoms with Gasteiger partial charge in [0, 0.05) is 38.0 Å². The van der Waals surface area contributed by atoms with Crippen LogP contribution < -0.4 is 10.2 Å². The maximum absolute atomic E-state index is 13.2. The van der Waals surface area contributed by atoms with Crippen LogP contribution in [0, 0.1) is 5.92 Å². The Bertz CT molecular complexity index is 1060. The number of rotatable bonds is 6. The summed E-state index contributed by atoms with van der Waals surface area (Å²) in [4.78, 5) is 15.3. The molecule has 1 N–H and O–H groups in total. The van der Waals surface area contributed by atoms with Gasteiger partial charge in [0.2, 0.25) is 15.9 Å². The van der Waals surface area contributed by atoms with Crippen molar-refractivity contribution in [1.29, 1.82) is 0 Å². The SMILES string of the molecule is O=C(Nc1cc(S(=O)(=O)N2CCOCC2)ccc1N1CCOCC1)[C@H]1C[C@@H]1c1ccco1. The number of amides is 1. The lowest BCUT2D eigenvalue weighted by Crippen LogP contribution is -2.40. The molecule has 0 unspecified atom stereocenters. The summed E-state index contributed by atoms with van der Waals surface area (Å²) >= 11 is 0. The third-order valence-corrected chi connectivity index (χ3v) is 8.12. The smallest absolute Gasteiger partial charge is 0.243 e. The topological polar surface area (TPSA) is 101 Å². The van der Waals surface area contributed by atoms with Gasteiger partial charge in [-0.1, -0.05) is 0 Å². The van der Waals surface area contributed by atoms with E-state index < -0.39 is 10.0 Å². The number of morpholine rings is 2. The second-order valence-corrected chi connectivity index (χ2v) is 10.2. The summed E-state index contributed by atoms with van der Waals surface area (Å²) in [5.41, 5.74) is 1.31. The Morgan fingerprint density at radius 3 is 2.41 bits per heavy atom.